The van der Waals surface area contributed by atoms with Gasteiger partial charge in [0.15, 0.2) is 0 Å². The lowest BCUT2D eigenvalue weighted by molar-refractivity contribution is 0.0985. The number of amides is 1. The Morgan fingerprint density at radius 1 is 0.862 bits per heavy atom. The molecular formula is C25H22N2O2. The average molecular weight is 382 g/mol. The highest BCUT2D eigenvalue weighted by Gasteiger charge is 2.20. The number of hydrogen-bond acceptors (Lipinski definition) is 2. The van der Waals surface area contributed by atoms with E-state index in [9.17, 15) is 9.59 Å². The molecule has 1 aromatic heterocycles. The highest BCUT2D eigenvalue weighted by atomic mass is 16.2. The Morgan fingerprint density at radius 3 is 2.38 bits per heavy atom. The van der Waals surface area contributed by atoms with E-state index in [0.717, 1.165) is 27.7 Å². The van der Waals surface area contributed by atoms with Gasteiger partial charge in [0.2, 0.25) is 0 Å². The van der Waals surface area contributed by atoms with Gasteiger partial charge < -0.3 is 9.88 Å². The molecule has 0 unspecified atom stereocenters. The van der Waals surface area contributed by atoms with Crippen LogP contribution in [0.1, 0.15) is 27.0 Å². The summed E-state index contributed by atoms with van der Waals surface area (Å²) < 4.78 is 0. The van der Waals surface area contributed by atoms with Gasteiger partial charge in [0.05, 0.1) is 6.54 Å². The summed E-state index contributed by atoms with van der Waals surface area (Å²) in [4.78, 5) is 30.7. The molecule has 0 bridgehead atoms. The van der Waals surface area contributed by atoms with E-state index in [1.165, 1.54) is 0 Å². The molecule has 3 aromatic carbocycles. The van der Waals surface area contributed by atoms with Crippen molar-refractivity contribution in [2.24, 2.45) is 0 Å². The second-order valence-electron chi connectivity index (χ2n) is 7.31. The fourth-order valence-corrected chi connectivity index (χ4v) is 3.47. The van der Waals surface area contributed by atoms with Gasteiger partial charge in [-0.25, -0.2) is 0 Å². The maximum absolute atomic E-state index is 13.3. The van der Waals surface area contributed by atoms with Crippen molar-refractivity contribution in [3.8, 4) is 0 Å². The first kappa shape index (κ1) is 18.7. The molecule has 1 heterocycles. The first-order valence-electron chi connectivity index (χ1n) is 9.57. The fourth-order valence-electron chi connectivity index (χ4n) is 3.47. The van der Waals surface area contributed by atoms with E-state index < -0.39 is 0 Å². The second-order valence-corrected chi connectivity index (χ2v) is 7.31. The Hall–Kier alpha value is -3.66. The molecule has 0 saturated carbocycles. The predicted octanol–water partition coefficient (Wildman–Crippen LogP) is 4.99. The van der Waals surface area contributed by atoms with Gasteiger partial charge in [-0.1, -0.05) is 48.0 Å². The van der Waals surface area contributed by atoms with E-state index >= 15 is 0 Å². The largest absolute Gasteiger partial charge is 0.322 e. The Bertz CT molecular complexity index is 1240. The molecule has 1 N–H and O–H groups in total. The van der Waals surface area contributed by atoms with Crippen LogP contribution in [0.5, 0.6) is 0 Å². The van der Waals surface area contributed by atoms with Crippen molar-refractivity contribution < 1.29 is 4.79 Å². The van der Waals surface area contributed by atoms with E-state index in [2.05, 4.69) is 4.98 Å². The zero-order chi connectivity index (χ0) is 20.4. The first-order chi connectivity index (χ1) is 14.0. The molecule has 4 heteroatoms. The number of aromatic amines is 1. The molecule has 0 aliphatic rings. The number of benzene rings is 3. The minimum Gasteiger partial charge on any atom is -0.322 e. The molecule has 29 heavy (non-hydrogen) atoms. The van der Waals surface area contributed by atoms with Crippen molar-refractivity contribution in [1.29, 1.82) is 0 Å². The standard InChI is InChI=1S/C25H22N2O2/c1-17-7-6-8-20(13-17)25(29)27(22-9-4-3-5-10-22)16-21-15-19-12-11-18(2)14-23(19)26-24(21)28/h3-15H,16H2,1-2H3,(H,26,28). The van der Waals surface area contributed by atoms with Crippen molar-refractivity contribution in [1.82, 2.24) is 4.98 Å². The number of hydrogen-bond donors (Lipinski definition) is 1. The molecule has 4 aromatic rings. The van der Waals surface area contributed by atoms with E-state index in [1.807, 2.05) is 86.6 Å². The van der Waals surface area contributed by atoms with Crippen LogP contribution in [0.3, 0.4) is 0 Å². The van der Waals surface area contributed by atoms with Crippen LogP contribution in [-0.2, 0) is 6.54 Å². The Kier molecular flexibility index (Phi) is 5.00. The number of nitrogens with one attached hydrogen (secondary N) is 1. The van der Waals surface area contributed by atoms with Crippen LogP contribution < -0.4 is 10.5 Å². The van der Waals surface area contributed by atoms with E-state index in [0.29, 0.717) is 11.1 Å². The highest BCUT2D eigenvalue weighted by molar-refractivity contribution is 6.06. The molecular weight excluding hydrogens is 360 g/mol. The number of aryl methyl sites for hydroxylation is 2. The molecule has 0 saturated heterocycles. The van der Waals surface area contributed by atoms with Gasteiger partial charge in [-0.2, -0.15) is 0 Å². The van der Waals surface area contributed by atoms with E-state index in [4.69, 9.17) is 0 Å². The van der Waals surface area contributed by atoms with Crippen molar-refractivity contribution in [2.45, 2.75) is 20.4 Å². The number of nitrogens with zero attached hydrogens (tertiary/aromatic N) is 1. The first-order valence-corrected chi connectivity index (χ1v) is 9.57. The third-order valence-corrected chi connectivity index (χ3v) is 4.98. The van der Waals surface area contributed by atoms with Gasteiger partial charge in [-0.05, 0) is 61.2 Å². The van der Waals surface area contributed by atoms with Gasteiger partial charge in [-0.3, -0.25) is 9.59 Å². The normalized spacial score (nSPS) is 10.8. The van der Waals surface area contributed by atoms with Gasteiger partial charge in [-0.15, -0.1) is 0 Å². The van der Waals surface area contributed by atoms with Gasteiger partial charge in [0.1, 0.15) is 0 Å². The van der Waals surface area contributed by atoms with Crippen molar-refractivity contribution in [3.63, 3.8) is 0 Å². The summed E-state index contributed by atoms with van der Waals surface area (Å²) >= 11 is 0. The van der Waals surface area contributed by atoms with Gasteiger partial charge in [0.25, 0.3) is 11.5 Å². The third-order valence-electron chi connectivity index (χ3n) is 4.98. The number of carbonyl (C=O) groups excluding carboxylic acids is 1. The summed E-state index contributed by atoms with van der Waals surface area (Å²) in [5.74, 6) is -0.136. The maximum atomic E-state index is 13.3. The van der Waals surface area contributed by atoms with Gasteiger partial charge in [0, 0.05) is 22.3 Å². The predicted molar refractivity (Wildman–Crippen MR) is 117 cm³/mol. The molecule has 0 fully saturated rings. The third kappa shape index (κ3) is 3.97. The van der Waals surface area contributed by atoms with Crippen LogP contribution in [0, 0.1) is 13.8 Å². The van der Waals surface area contributed by atoms with Crippen LogP contribution in [0.4, 0.5) is 5.69 Å². The quantitative estimate of drug-likeness (QED) is 0.540. The van der Waals surface area contributed by atoms with E-state index in [-0.39, 0.29) is 18.0 Å². The SMILES string of the molecule is Cc1cccc(C(=O)N(Cc2cc3ccc(C)cc3[nH]c2=O)c2ccccc2)c1. The minimum atomic E-state index is -0.180. The number of rotatable bonds is 4. The Labute approximate surface area is 169 Å². The number of H-pyrrole nitrogens is 1. The molecule has 0 radical (unpaired) electrons. The van der Waals surface area contributed by atoms with Crippen molar-refractivity contribution in [3.05, 3.63) is 111 Å². The summed E-state index contributed by atoms with van der Waals surface area (Å²) in [6.45, 7) is 4.14. The molecule has 0 aliphatic carbocycles. The molecule has 0 atom stereocenters. The van der Waals surface area contributed by atoms with Crippen molar-refractivity contribution in [2.75, 3.05) is 4.90 Å². The summed E-state index contributed by atoms with van der Waals surface area (Å²) in [7, 11) is 0. The maximum Gasteiger partial charge on any atom is 0.258 e. The lowest BCUT2D eigenvalue weighted by atomic mass is 10.1. The monoisotopic (exact) mass is 382 g/mol. The Morgan fingerprint density at radius 2 is 1.62 bits per heavy atom. The second kappa shape index (κ2) is 7.76. The minimum absolute atomic E-state index is 0.136. The van der Waals surface area contributed by atoms with Crippen LogP contribution in [0.2, 0.25) is 0 Å². The number of pyridine rings is 1. The average Bonchev–Trinajstić information content (AvgIpc) is 2.72. The molecule has 0 aliphatic heterocycles. The topological polar surface area (TPSA) is 53.2 Å². The fraction of sp³-hybridized carbons (Fsp3) is 0.120. The van der Waals surface area contributed by atoms with Crippen molar-refractivity contribution >= 4 is 22.5 Å². The highest BCUT2D eigenvalue weighted by Crippen LogP contribution is 2.21. The number of aromatic nitrogens is 1. The van der Waals surface area contributed by atoms with E-state index in [1.54, 1.807) is 11.0 Å². The van der Waals surface area contributed by atoms with Crippen LogP contribution in [-0.4, -0.2) is 10.9 Å². The van der Waals surface area contributed by atoms with Crippen LogP contribution >= 0.6 is 0 Å². The lowest BCUT2D eigenvalue weighted by Gasteiger charge is -2.23. The molecule has 1 amide bonds. The Balaban J connectivity index is 1.77. The summed E-state index contributed by atoms with van der Waals surface area (Å²) in [5.41, 5.74) is 4.62. The number of anilines is 1. The van der Waals surface area contributed by atoms with Crippen LogP contribution in [0.15, 0.2) is 83.7 Å². The zero-order valence-electron chi connectivity index (χ0n) is 16.5. The summed E-state index contributed by atoms with van der Waals surface area (Å²) in [6, 6.07) is 24.8. The summed E-state index contributed by atoms with van der Waals surface area (Å²) in [5, 5.41) is 0.946. The molecule has 0 spiro atoms. The zero-order valence-corrected chi connectivity index (χ0v) is 16.5. The molecule has 4 nitrogen and oxygen atoms in total. The van der Waals surface area contributed by atoms with Crippen LogP contribution in [0.25, 0.3) is 10.9 Å². The number of carbonyl (C=O) groups is 1. The number of fused-ring (bicyclic) bond motifs is 1. The number of para-hydroxylation sites is 1. The summed E-state index contributed by atoms with van der Waals surface area (Å²) in [6.07, 6.45) is 0. The molecule has 144 valence electrons. The van der Waals surface area contributed by atoms with Gasteiger partial charge >= 0.3 is 0 Å². The smallest absolute Gasteiger partial charge is 0.258 e. The lowest BCUT2D eigenvalue weighted by Crippen LogP contribution is -2.32. The molecule has 4 rings (SSSR count).